The van der Waals surface area contributed by atoms with E-state index < -0.39 is 31.4 Å². The summed E-state index contributed by atoms with van der Waals surface area (Å²) in [5.74, 6) is -1.96. The fraction of sp³-hybridized carbons (Fsp3) is 0.200. The van der Waals surface area contributed by atoms with Gasteiger partial charge in [0.2, 0.25) is 0 Å². The number of Topliss-reactive ketones (excluding diaryl/α,β-unsaturated/α-hetero) is 2. The zero-order chi connectivity index (χ0) is 28.7. The van der Waals surface area contributed by atoms with Gasteiger partial charge in [0.1, 0.15) is 17.5 Å². The van der Waals surface area contributed by atoms with Gasteiger partial charge in [-0.05, 0) is 41.3 Å². The summed E-state index contributed by atoms with van der Waals surface area (Å²) in [4.78, 5) is 26.9. The molecule has 0 amide bonds. The minimum Gasteiger partial charge on any atom is -0.298 e. The Morgan fingerprint density at radius 1 is 0.650 bits per heavy atom. The molecule has 0 spiro atoms. The zero-order valence-electron chi connectivity index (χ0n) is 21.9. The molecule has 2 N–H and O–H groups in total. The van der Waals surface area contributed by atoms with Crippen LogP contribution in [0.5, 0.6) is 0 Å². The van der Waals surface area contributed by atoms with Gasteiger partial charge in [-0.3, -0.25) is 19.0 Å². The second-order valence-electron chi connectivity index (χ2n) is 10.7. The van der Waals surface area contributed by atoms with E-state index in [4.69, 9.17) is 0 Å². The Kier molecular flexibility index (Phi) is 7.01. The van der Waals surface area contributed by atoms with Crippen molar-refractivity contribution in [3.8, 4) is 0 Å². The number of ketones is 2. The van der Waals surface area contributed by atoms with Crippen LogP contribution in [0.15, 0.2) is 101 Å². The molecule has 4 aromatic carbocycles. The van der Waals surface area contributed by atoms with Crippen LogP contribution >= 0.6 is 0 Å². The van der Waals surface area contributed by atoms with Gasteiger partial charge in [0.25, 0.3) is 20.0 Å². The van der Waals surface area contributed by atoms with Gasteiger partial charge < -0.3 is 0 Å². The molecule has 0 bridgehead atoms. The van der Waals surface area contributed by atoms with Crippen molar-refractivity contribution in [3.63, 3.8) is 0 Å². The zero-order valence-corrected chi connectivity index (χ0v) is 23.6. The number of fused-ring (bicyclic) bond motifs is 1. The van der Waals surface area contributed by atoms with Crippen molar-refractivity contribution < 1.29 is 26.4 Å². The number of benzene rings is 4. The van der Waals surface area contributed by atoms with E-state index >= 15 is 0 Å². The minimum atomic E-state index is -4.13. The Bertz CT molecular complexity index is 1820. The summed E-state index contributed by atoms with van der Waals surface area (Å²) >= 11 is 0. The molecule has 206 valence electrons. The second kappa shape index (κ2) is 10.2. The summed E-state index contributed by atoms with van der Waals surface area (Å²) in [5.41, 5.74) is -0.242. The molecule has 0 saturated heterocycles. The van der Waals surface area contributed by atoms with Crippen LogP contribution in [0, 0.1) is 5.41 Å². The maximum Gasteiger partial charge on any atom is 0.261 e. The Labute approximate surface area is 233 Å². The Morgan fingerprint density at radius 3 is 1.62 bits per heavy atom. The Hall–Kier alpha value is -4.02. The molecule has 1 aliphatic rings. The smallest absolute Gasteiger partial charge is 0.261 e. The van der Waals surface area contributed by atoms with Crippen LogP contribution in [0.2, 0.25) is 0 Å². The molecule has 0 atom stereocenters. The van der Waals surface area contributed by atoms with Crippen LogP contribution in [0.3, 0.4) is 0 Å². The third kappa shape index (κ3) is 5.37. The van der Waals surface area contributed by atoms with E-state index in [1.54, 1.807) is 60.7 Å². The predicted molar refractivity (Wildman–Crippen MR) is 154 cm³/mol. The third-order valence-corrected chi connectivity index (χ3v) is 9.67. The summed E-state index contributed by atoms with van der Waals surface area (Å²) in [6.07, 6.45) is 0.234. The van der Waals surface area contributed by atoms with Crippen molar-refractivity contribution in [3.05, 3.63) is 96.6 Å². The first-order chi connectivity index (χ1) is 18.9. The van der Waals surface area contributed by atoms with Gasteiger partial charge in [-0.1, -0.05) is 74.5 Å². The number of anilines is 2. The molecule has 0 unspecified atom stereocenters. The molecule has 0 radical (unpaired) electrons. The van der Waals surface area contributed by atoms with E-state index in [1.807, 2.05) is 13.8 Å². The Balaban J connectivity index is 1.74. The van der Waals surface area contributed by atoms with Crippen LogP contribution in [0.25, 0.3) is 10.8 Å². The van der Waals surface area contributed by atoms with Gasteiger partial charge in [0, 0.05) is 23.6 Å². The van der Waals surface area contributed by atoms with Crippen molar-refractivity contribution in [2.45, 2.75) is 42.4 Å². The Morgan fingerprint density at radius 2 is 1.10 bits per heavy atom. The van der Waals surface area contributed by atoms with E-state index in [0.717, 1.165) is 0 Å². The fourth-order valence-electron chi connectivity index (χ4n) is 5.16. The summed E-state index contributed by atoms with van der Waals surface area (Å²) < 4.78 is 58.7. The first-order valence-electron chi connectivity index (χ1n) is 12.6. The normalized spacial score (nSPS) is 16.1. The number of hydrogen-bond donors (Lipinski definition) is 2. The molecule has 1 saturated carbocycles. The van der Waals surface area contributed by atoms with Crippen molar-refractivity contribution in [1.29, 1.82) is 0 Å². The number of hydrogen-bond acceptors (Lipinski definition) is 6. The van der Waals surface area contributed by atoms with Gasteiger partial charge in [-0.25, -0.2) is 16.8 Å². The fourth-order valence-corrected chi connectivity index (χ4v) is 7.38. The van der Waals surface area contributed by atoms with Crippen LogP contribution in [-0.2, 0) is 29.6 Å². The number of carbonyl (C=O) groups excluding carboxylic acids is 2. The average Bonchev–Trinajstić information content (AvgIpc) is 2.90. The topological polar surface area (TPSA) is 126 Å². The summed E-state index contributed by atoms with van der Waals surface area (Å²) in [6, 6.07) is 23.6. The van der Waals surface area contributed by atoms with E-state index in [2.05, 4.69) is 9.44 Å². The maximum absolute atomic E-state index is 13.5. The first kappa shape index (κ1) is 27.5. The molecule has 0 heterocycles. The molecule has 0 aromatic heterocycles. The van der Waals surface area contributed by atoms with Crippen molar-refractivity contribution in [2.24, 2.45) is 5.41 Å². The lowest BCUT2D eigenvalue weighted by Gasteiger charge is -2.33. The summed E-state index contributed by atoms with van der Waals surface area (Å²) in [7, 11) is -8.17. The quantitative estimate of drug-likeness (QED) is 0.281. The van der Waals surface area contributed by atoms with Gasteiger partial charge in [-0.2, -0.15) is 0 Å². The monoisotopic (exact) mass is 576 g/mol. The van der Waals surface area contributed by atoms with Gasteiger partial charge in [0.15, 0.2) is 0 Å². The maximum atomic E-state index is 13.5. The number of nitrogens with one attached hydrogen (secondary N) is 2. The highest BCUT2D eigenvalue weighted by Gasteiger charge is 2.42. The largest absolute Gasteiger partial charge is 0.298 e. The van der Waals surface area contributed by atoms with Crippen molar-refractivity contribution in [2.75, 3.05) is 9.44 Å². The van der Waals surface area contributed by atoms with Gasteiger partial charge in [0.05, 0.1) is 21.2 Å². The first-order valence-corrected chi connectivity index (χ1v) is 15.6. The standard InChI is InChI=1S/C30H28N2O6S2/c1-30(2)18-26(33)28(27(34)19-30)24-17-25(31-39(35,36)20-11-5-3-6-12-20)22-15-9-10-16-23(22)29(24)32-40(37,38)21-13-7-4-8-14-21/h3-17,28,31-32H,18-19H2,1-2H3. The highest BCUT2D eigenvalue weighted by molar-refractivity contribution is 7.93. The van der Waals surface area contributed by atoms with E-state index in [-0.39, 0.29) is 51.1 Å². The molecule has 5 rings (SSSR count). The van der Waals surface area contributed by atoms with E-state index in [1.165, 1.54) is 30.3 Å². The SMILES string of the molecule is CC1(C)CC(=O)C(c2cc(NS(=O)(=O)c3ccccc3)c3ccccc3c2NS(=O)(=O)c2ccccc2)C(=O)C1. The van der Waals surface area contributed by atoms with Crippen molar-refractivity contribution >= 4 is 53.8 Å². The van der Waals surface area contributed by atoms with E-state index in [0.29, 0.717) is 10.8 Å². The number of carbonyl (C=O) groups is 2. The molecule has 1 fully saturated rings. The lowest BCUT2D eigenvalue weighted by Crippen LogP contribution is -2.36. The molecule has 1 aliphatic carbocycles. The van der Waals surface area contributed by atoms with Gasteiger partial charge in [-0.15, -0.1) is 0 Å². The molecular formula is C30H28N2O6S2. The lowest BCUT2D eigenvalue weighted by molar-refractivity contribution is -0.135. The minimum absolute atomic E-state index is 0.00122. The van der Waals surface area contributed by atoms with Crippen LogP contribution < -0.4 is 9.44 Å². The van der Waals surface area contributed by atoms with E-state index in [9.17, 15) is 26.4 Å². The summed E-state index contributed by atoms with van der Waals surface area (Å²) in [6.45, 7) is 3.66. The number of rotatable bonds is 7. The number of sulfonamides is 2. The highest BCUT2D eigenvalue weighted by atomic mass is 32.2. The summed E-state index contributed by atoms with van der Waals surface area (Å²) in [5, 5.41) is 0.739. The molecule has 8 nitrogen and oxygen atoms in total. The molecule has 40 heavy (non-hydrogen) atoms. The average molecular weight is 577 g/mol. The molecule has 4 aromatic rings. The van der Waals surface area contributed by atoms with Crippen LogP contribution in [0.1, 0.15) is 38.2 Å². The molecule has 0 aliphatic heterocycles. The third-order valence-electron chi connectivity index (χ3n) is 6.92. The molecular weight excluding hydrogens is 548 g/mol. The predicted octanol–water partition coefficient (Wildman–Crippen LogP) is 5.48. The molecule has 10 heteroatoms. The second-order valence-corrected chi connectivity index (χ2v) is 14.0. The lowest BCUT2D eigenvalue weighted by atomic mass is 9.69. The van der Waals surface area contributed by atoms with Crippen LogP contribution in [0.4, 0.5) is 11.4 Å². The highest BCUT2D eigenvalue weighted by Crippen LogP contribution is 2.44. The van der Waals surface area contributed by atoms with Gasteiger partial charge >= 0.3 is 0 Å². The van der Waals surface area contributed by atoms with Crippen molar-refractivity contribution in [1.82, 2.24) is 0 Å². The van der Waals surface area contributed by atoms with Crippen LogP contribution in [-0.4, -0.2) is 28.4 Å².